The van der Waals surface area contributed by atoms with Crippen LogP contribution in [0.5, 0.6) is 0 Å². The zero-order valence-corrected chi connectivity index (χ0v) is 17.1. The summed E-state index contributed by atoms with van der Waals surface area (Å²) < 4.78 is 23.6. The van der Waals surface area contributed by atoms with Crippen molar-refractivity contribution in [2.45, 2.75) is 11.8 Å². The highest BCUT2D eigenvalue weighted by Crippen LogP contribution is 2.37. The second-order valence-electron chi connectivity index (χ2n) is 7.24. The summed E-state index contributed by atoms with van der Waals surface area (Å²) in [5.41, 5.74) is 5.22. The Morgan fingerprint density at radius 1 is 0.793 bits per heavy atom. The van der Waals surface area contributed by atoms with Crippen LogP contribution in [0.1, 0.15) is 16.7 Å². The number of nitrogens with zero attached hydrogens (tertiary/aromatic N) is 1. The smallest absolute Gasteiger partial charge is 0.259 e. The predicted octanol–water partition coefficient (Wildman–Crippen LogP) is 4.36. The van der Waals surface area contributed by atoms with Gasteiger partial charge in [-0.05, 0) is 47.9 Å². The number of rotatable bonds is 4. The molecule has 0 unspecified atom stereocenters. The Labute approximate surface area is 171 Å². The van der Waals surface area contributed by atoms with Gasteiger partial charge in [0.15, 0.2) is 9.84 Å². The number of carbonyl (C=O) groups excluding carboxylic acids is 1. The first-order valence-electron chi connectivity index (χ1n) is 9.32. The summed E-state index contributed by atoms with van der Waals surface area (Å²) in [5.74, 6) is -0.0535. The van der Waals surface area contributed by atoms with Gasteiger partial charge in [0, 0.05) is 11.9 Å². The lowest BCUT2D eigenvalue weighted by Gasteiger charge is -2.17. The Morgan fingerprint density at radius 2 is 1.38 bits per heavy atom. The van der Waals surface area contributed by atoms with Gasteiger partial charge in [-0.1, -0.05) is 60.2 Å². The molecular formula is C24H21NO3S. The lowest BCUT2D eigenvalue weighted by atomic mass is 9.96. The zero-order valence-electron chi connectivity index (χ0n) is 16.3. The third kappa shape index (κ3) is 3.74. The fourth-order valence-electron chi connectivity index (χ4n) is 3.55. The van der Waals surface area contributed by atoms with E-state index in [9.17, 15) is 13.2 Å². The number of para-hydroxylation sites is 1. The molecule has 0 spiro atoms. The van der Waals surface area contributed by atoms with Crippen molar-refractivity contribution in [2.75, 3.05) is 17.7 Å². The van der Waals surface area contributed by atoms with Crippen molar-refractivity contribution in [2.24, 2.45) is 0 Å². The Hall–Kier alpha value is -3.18. The van der Waals surface area contributed by atoms with E-state index >= 15 is 0 Å². The summed E-state index contributed by atoms with van der Waals surface area (Å²) in [4.78, 5) is 15.4. The topological polar surface area (TPSA) is 54.5 Å². The molecule has 1 amide bonds. The van der Waals surface area contributed by atoms with E-state index < -0.39 is 9.84 Å². The zero-order chi connectivity index (χ0) is 20.6. The van der Waals surface area contributed by atoms with E-state index in [-0.39, 0.29) is 10.8 Å². The van der Waals surface area contributed by atoms with Crippen molar-refractivity contribution in [3.8, 4) is 0 Å². The molecule has 29 heavy (non-hydrogen) atoms. The number of sulfone groups is 1. The van der Waals surface area contributed by atoms with E-state index in [1.807, 2.05) is 61.5 Å². The quantitative estimate of drug-likeness (QED) is 0.651. The van der Waals surface area contributed by atoms with Gasteiger partial charge in [-0.15, -0.1) is 0 Å². The largest absolute Gasteiger partial charge is 0.304 e. The second kappa shape index (κ2) is 7.33. The molecule has 0 saturated heterocycles. The standard InChI is InChI=1S/C24H21NO3S/c1-17-8-10-19(11-9-17)23-22(18-12-14-21(15-13-18)29(2,27)28)16-25(24(23)26)20-6-4-3-5-7-20/h3-15H,16H2,1-2H3. The van der Waals surface area contributed by atoms with Crippen LogP contribution in [-0.4, -0.2) is 27.1 Å². The minimum Gasteiger partial charge on any atom is -0.304 e. The average molecular weight is 404 g/mol. The second-order valence-corrected chi connectivity index (χ2v) is 9.26. The maximum atomic E-state index is 13.4. The number of hydrogen-bond donors (Lipinski definition) is 0. The third-order valence-electron chi connectivity index (χ3n) is 5.12. The Bertz CT molecular complexity index is 1190. The van der Waals surface area contributed by atoms with Crippen LogP contribution in [0.25, 0.3) is 11.1 Å². The molecule has 3 aromatic carbocycles. The lowest BCUT2D eigenvalue weighted by molar-refractivity contribution is -0.112. The fourth-order valence-corrected chi connectivity index (χ4v) is 4.18. The van der Waals surface area contributed by atoms with Crippen molar-refractivity contribution in [1.29, 1.82) is 0 Å². The molecule has 1 aliphatic rings. The molecule has 4 rings (SSSR count). The molecule has 0 saturated carbocycles. The molecular weight excluding hydrogens is 382 g/mol. The van der Waals surface area contributed by atoms with Gasteiger partial charge in [0.2, 0.25) is 0 Å². The lowest BCUT2D eigenvalue weighted by Crippen LogP contribution is -2.26. The number of hydrogen-bond acceptors (Lipinski definition) is 3. The highest BCUT2D eigenvalue weighted by atomic mass is 32.2. The van der Waals surface area contributed by atoms with Crippen LogP contribution in [0, 0.1) is 6.92 Å². The molecule has 0 aliphatic carbocycles. The highest BCUT2D eigenvalue weighted by Gasteiger charge is 2.32. The first kappa shape index (κ1) is 19.2. The molecule has 3 aromatic rings. The Morgan fingerprint density at radius 3 is 1.97 bits per heavy atom. The van der Waals surface area contributed by atoms with Gasteiger partial charge in [0.05, 0.1) is 17.0 Å². The summed E-state index contributed by atoms with van der Waals surface area (Å²) in [5, 5.41) is 0. The normalized spacial score (nSPS) is 14.6. The minimum absolute atomic E-state index is 0.0535. The van der Waals surface area contributed by atoms with Crippen LogP contribution >= 0.6 is 0 Å². The molecule has 0 aromatic heterocycles. The van der Waals surface area contributed by atoms with Crippen LogP contribution < -0.4 is 4.90 Å². The van der Waals surface area contributed by atoms with Crippen LogP contribution in [0.4, 0.5) is 5.69 Å². The van der Waals surface area contributed by atoms with E-state index in [1.54, 1.807) is 29.2 Å². The molecule has 5 heteroatoms. The number of benzene rings is 3. The minimum atomic E-state index is -3.27. The van der Waals surface area contributed by atoms with Crippen LogP contribution in [-0.2, 0) is 14.6 Å². The van der Waals surface area contributed by atoms with Crippen molar-refractivity contribution in [1.82, 2.24) is 0 Å². The summed E-state index contributed by atoms with van der Waals surface area (Å²) >= 11 is 0. The van der Waals surface area contributed by atoms with Gasteiger partial charge >= 0.3 is 0 Å². The molecule has 0 bridgehead atoms. The summed E-state index contributed by atoms with van der Waals surface area (Å²) in [6, 6.07) is 24.2. The van der Waals surface area contributed by atoms with Crippen LogP contribution in [0.3, 0.4) is 0 Å². The first-order valence-corrected chi connectivity index (χ1v) is 11.2. The maximum Gasteiger partial charge on any atom is 0.259 e. The van der Waals surface area contributed by atoms with Gasteiger partial charge < -0.3 is 4.90 Å². The molecule has 0 radical (unpaired) electrons. The highest BCUT2D eigenvalue weighted by molar-refractivity contribution is 7.90. The molecule has 1 heterocycles. The Kier molecular flexibility index (Phi) is 4.84. The van der Waals surface area contributed by atoms with E-state index in [4.69, 9.17) is 0 Å². The summed E-state index contributed by atoms with van der Waals surface area (Å²) in [7, 11) is -3.27. The van der Waals surface area contributed by atoms with Crippen molar-refractivity contribution in [3.05, 3.63) is 95.6 Å². The van der Waals surface area contributed by atoms with E-state index in [1.165, 1.54) is 6.26 Å². The van der Waals surface area contributed by atoms with Crippen molar-refractivity contribution < 1.29 is 13.2 Å². The van der Waals surface area contributed by atoms with Gasteiger partial charge in [-0.3, -0.25) is 4.79 Å². The summed E-state index contributed by atoms with van der Waals surface area (Å²) in [6.07, 6.45) is 1.19. The molecule has 1 aliphatic heterocycles. The molecule has 0 atom stereocenters. The number of anilines is 1. The van der Waals surface area contributed by atoms with E-state index in [0.29, 0.717) is 12.1 Å². The maximum absolute atomic E-state index is 13.4. The number of aryl methyl sites for hydroxylation is 1. The SMILES string of the molecule is Cc1ccc(C2=C(c3ccc(S(C)(=O)=O)cc3)CN(c3ccccc3)C2=O)cc1. The van der Waals surface area contributed by atoms with Crippen molar-refractivity contribution in [3.63, 3.8) is 0 Å². The van der Waals surface area contributed by atoms with Gasteiger partial charge in [-0.25, -0.2) is 8.42 Å². The molecule has 4 nitrogen and oxygen atoms in total. The van der Waals surface area contributed by atoms with Crippen LogP contribution in [0.2, 0.25) is 0 Å². The van der Waals surface area contributed by atoms with E-state index in [2.05, 4.69) is 0 Å². The number of carbonyl (C=O) groups is 1. The molecule has 146 valence electrons. The first-order chi connectivity index (χ1) is 13.8. The number of amides is 1. The third-order valence-corrected chi connectivity index (χ3v) is 6.24. The summed E-state index contributed by atoms with van der Waals surface area (Å²) in [6.45, 7) is 2.44. The van der Waals surface area contributed by atoms with Gasteiger partial charge in [0.1, 0.15) is 0 Å². The van der Waals surface area contributed by atoms with Crippen LogP contribution in [0.15, 0.2) is 83.8 Å². The van der Waals surface area contributed by atoms with Crippen molar-refractivity contribution >= 4 is 32.6 Å². The van der Waals surface area contributed by atoms with Gasteiger partial charge in [0.25, 0.3) is 5.91 Å². The Balaban J connectivity index is 1.83. The predicted molar refractivity (Wildman–Crippen MR) is 116 cm³/mol. The monoisotopic (exact) mass is 403 g/mol. The average Bonchev–Trinajstić information content (AvgIpc) is 3.06. The van der Waals surface area contributed by atoms with Gasteiger partial charge in [-0.2, -0.15) is 0 Å². The molecule has 0 fully saturated rings. The molecule has 0 N–H and O–H groups in total. The van der Waals surface area contributed by atoms with E-state index in [0.717, 1.165) is 28.0 Å². The fraction of sp³-hybridized carbons (Fsp3) is 0.125.